The zero-order chi connectivity index (χ0) is 25.3. The van der Waals surface area contributed by atoms with Gasteiger partial charge in [0.25, 0.3) is 5.69 Å². The Morgan fingerprint density at radius 3 is 2.37 bits per heavy atom. The van der Waals surface area contributed by atoms with Crippen LogP contribution < -0.4 is 19.5 Å². The third kappa shape index (κ3) is 4.77. The van der Waals surface area contributed by atoms with Crippen LogP contribution >= 0.6 is 0 Å². The fourth-order valence-corrected chi connectivity index (χ4v) is 4.53. The lowest BCUT2D eigenvalue weighted by Crippen LogP contribution is -2.32. The van der Waals surface area contributed by atoms with Gasteiger partial charge < -0.3 is 19.5 Å². The summed E-state index contributed by atoms with van der Waals surface area (Å²) in [5, 5.41) is 14.8. The number of hydrogen-bond acceptors (Lipinski definition) is 6. The second-order valence-corrected chi connectivity index (χ2v) is 8.91. The number of non-ortho nitro benzene ring substituents is 1. The van der Waals surface area contributed by atoms with E-state index in [1.165, 1.54) is 44.6 Å². The summed E-state index contributed by atoms with van der Waals surface area (Å²) in [5.41, 5.74) is 4.94. The molecule has 7 nitrogen and oxygen atoms in total. The van der Waals surface area contributed by atoms with Crippen LogP contribution in [0.15, 0.2) is 54.6 Å². The van der Waals surface area contributed by atoms with Gasteiger partial charge in [0.2, 0.25) is 0 Å². The quantitative estimate of drug-likeness (QED) is 0.304. The van der Waals surface area contributed by atoms with Crippen LogP contribution in [0.4, 0.5) is 15.8 Å². The minimum atomic E-state index is -0.482. The van der Waals surface area contributed by atoms with Crippen molar-refractivity contribution in [1.82, 2.24) is 0 Å². The van der Waals surface area contributed by atoms with Crippen LogP contribution in [0, 0.1) is 15.9 Å². The number of methoxy groups -OCH3 is 2. The first-order chi connectivity index (χ1) is 16.6. The highest BCUT2D eigenvalue weighted by Gasteiger charge is 2.27. The first-order valence-corrected chi connectivity index (χ1v) is 11.1. The van der Waals surface area contributed by atoms with Crippen LogP contribution in [0.2, 0.25) is 0 Å². The second-order valence-electron chi connectivity index (χ2n) is 8.91. The molecule has 3 aromatic carbocycles. The molecular weight excluding hydrogens is 451 g/mol. The van der Waals surface area contributed by atoms with Crippen molar-refractivity contribution >= 4 is 16.9 Å². The van der Waals surface area contributed by atoms with E-state index in [4.69, 9.17) is 14.2 Å². The molecule has 182 valence electrons. The topological polar surface area (TPSA) is 82.9 Å². The van der Waals surface area contributed by atoms with Crippen molar-refractivity contribution in [1.29, 1.82) is 0 Å². The summed E-state index contributed by atoms with van der Waals surface area (Å²) in [6.45, 7) is 6.29. The van der Waals surface area contributed by atoms with Crippen molar-refractivity contribution in [3.63, 3.8) is 0 Å². The van der Waals surface area contributed by atoms with E-state index in [1.807, 2.05) is 19.1 Å². The maximum absolute atomic E-state index is 13.9. The van der Waals surface area contributed by atoms with E-state index >= 15 is 0 Å². The molecule has 0 fully saturated rings. The summed E-state index contributed by atoms with van der Waals surface area (Å²) < 4.78 is 30.9. The predicted octanol–water partition coefficient (Wildman–Crippen LogP) is 6.60. The zero-order valence-electron chi connectivity index (χ0n) is 20.3. The maximum Gasteiger partial charge on any atom is 0.273 e. The number of nitrogens with zero attached hydrogens (tertiary/aromatic N) is 1. The average molecular weight is 479 g/mol. The lowest BCUT2D eigenvalue weighted by Gasteiger charge is -2.33. The van der Waals surface area contributed by atoms with Gasteiger partial charge in [-0.3, -0.25) is 10.1 Å². The number of anilines is 1. The highest BCUT2D eigenvalue weighted by Crippen LogP contribution is 2.43. The fourth-order valence-electron chi connectivity index (χ4n) is 4.53. The number of benzene rings is 3. The summed E-state index contributed by atoms with van der Waals surface area (Å²) in [6.07, 6.45) is 2.14. The number of hydrogen-bond donors (Lipinski definition) is 1. The lowest BCUT2D eigenvalue weighted by molar-refractivity contribution is -0.385. The van der Waals surface area contributed by atoms with Gasteiger partial charge in [-0.05, 0) is 56.2 Å². The SMILES string of the molecule is COc1ccc([N+](=O)[O-])cc1OCc1c(-c2ccc(F)cc2OC)ccc2c1C(C)=CC(C)(C)N2. The van der Waals surface area contributed by atoms with Crippen molar-refractivity contribution in [3.8, 4) is 28.4 Å². The highest BCUT2D eigenvalue weighted by molar-refractivity contribution is 5.88. The van der Waals surface area contributed by atoms with Gasteiger partial charge in [-0.25, -0.2) is 4.39 Å². The zero-order valence-corrected chi connectivity index (χ0v) is 20.3. The lowest BCUT2D eigenvalue weighted by atomic mass is 9.85. The van der Waals surface area contributed by atoms with Crippen molar-refractivity contribution in [2.45, 2.75) is 32.9 Å². The summed E-state index contributed by atoms with van der Waals surface area (Å²) in [5.74, 6) is 0.627. The van der Waals surface area contributed by atoms with Gasteiger partial charge >= 0.3 is 0 Å². The number of ether oxygens (including phenoxy) is 3. The third-order valence-corrected chi connectivity index (χ3v) is 5.93. The summed E-state index contributed by atoms with van der Waals surface area (Å²) in [6, 6.07) is 12.5. The van der Waals surface area contributed by atoms with Crippen molar-refractivity contribution in [2.75, 3.05) is 19.5 Å². The predicted molar refractivity (Wildman–Crippen MR) is 134 cm³/mol. The van der Waals surface area contributed by atoms with Crippen LogP contribution in [-0.4, -0.2) is 24.7 Å². The smallest absolute Gasteiger partial charge is 0.273 e. The summed E-state index contributed by atoms with van der Waals surface area (Å²) in [7, 11) is 2.97. The average Bonchev–Trinajstić information content (AvgIpc) is 2.81. The third-order valence-electron chi connectivity index (χ3n) is 5.93. The largest absolute Gasteiger partial charge is 0.496 e. The normalized spacial score (nSPS) is 13.8. The first-order valence-electron chi connectivity index (χ1n) is 11.1. The van der Waals surface area contributed by atoms with E-state index in [0.717, 1.165) is 28.0 Å². The summed E-state index contributed by atoms with van der Waals surface area (Å²) in [4.78, 5) is 10.8. The Kier molecular flexibility index (Phi) is 6.39. The van der Waals surface area contributed by atoms with Crippen LogP contribution in [0.1, 0.15) is 31.9 Å². The molecule has 1 aliphatic heterocycles. The Morgan fingerprint density at radius 2 is 1.69 bits per heavy atom. The number of fused-ring (bicyclic) bond motifs is 1. The second kappa shape index (κ2) is 9.29. The molecule has 0 amide bonds. The van der Waals surface area contributed by atoms with Crippen LogP contribution in [0.3, 0.4) is 0 Å². The molecule has 0 unspecified atom stereocenters. The monoisotopic (exact) mass is 478 g/mol. The van der Waals surface area contributed by atoms with E-state index < -0.39 is 10.7 Å². The molecule has 0 bridgehead atoms. The van der Waals surface area contributed by atoms with Crippen LogP contribution in [0.25, 0.3) is 16.7 Å². The van der Waals surface area contributed by atoms with E-state index in [0.29, 0.717) is 17.1 Å². The molecular formula is C27H27FN2O5. The van der Waals surface area contributed by atoms with Gasteiger partial charge in [-0.15, -0.1) is 0 Å². The van der Waals surface area contributed by atoms with Crippen molar-refractivity contribution in [3.05, 3.63) is 81.7 Å². The molecule has 1 heterocycles. The van der Waals surface area contributed by atoms with Gasteiger partial charge in [0.15, 0.2) is 11.5 Å². The highest BCUT2D eigenvalue weighted by atomic mass is 19.1. The van der Waals surface area contributed by atoms with Crippen molar-refractivity contribution in [2.24, 2.45) is 0 Å². The molecule has 0 spiro atoms. The van der Waals surface area contributed by atoms with Gasteiger partial charge in [-0.2, -0.15) is 0 Å². The number of rotatable bonds is 7. The maximum atomic E-state index is 13.9. The van der Waals surface area contributed by atoms with E-state index in [-0.39, 0.29) is 23.6 Å². The number of nitro groups is 1. The van der Waals surface area contributed by atoms with Gasteiger partial charge in [0.05, 0.1) is 30.7 Å². The number of nitrogens with one attached hydrogen (secondary N) is 1. The molecule has 35 heavy (non-hydrogen) atoms. The van der Waals surface area contributed by atoms with E-state index in [9.17, 15) is 14.5 Å². The summed E-state index contributed by atoms with van der Waals surface area (Å²) >= 11 is 0. The molecule has 0 radical (unpaired) electrons. The molecule has 1 N–H and O–H groups in total. The number of nitro benzene ring substituents is 1. The molecule has 0 atom stereocenters. The van der Waals surface area contributed by atoms with Crippen LogP contribution in [0.5, 0.6) is 17.2 Å². The minimum absolute atomic E-state index is 0.0872. The minimum Gasteiger partial charge on any atom is -0.496 e. The Labute approximate surface area is 203 Å². The first kappa shape index (κ1) is 24.1. The standard InChI is InChI=1S/C27H27FN2O5/c1-16-14-27(2,3)29-22-10-9-19(20-8-6-17(28)12-24(20)34-5)21(26(16)22)15-35-25-13-18(30(31)32)7-11-23(25)33-4/h6-14,29H,15H2,1-5H3. The Morgan fingerprint density at radius 1 is 0.971 bits per heavy atom. The molecule has 0 aromatic heterocycles. The van der Waals surface area contributed by atoms with E-state index in [2.05, 4.69) is 25.2 Å². The molecule has 8 heteroatoms. The number of halogens is 1. The van der Waals surface area contributed by atoms with Gasteiger partial charge in [0, 0.05) is 34.5 Å². The molecule has 0 aliphatic carbocycles. The van der Waals surface area contributed by atoms with Gasteiger partial charge in [0.1, 0.15) is 18.2 Å². The number of allylic oxidation sites excluding steroid dienone is 1. The fraction of sp³-hybridized carbons (Fsp3) is 0.259. The Balaban J connectivity index is 1.87. The van der Waals surface area contributed by atoms with Crippen LogP contribution in [-0.2, 0) is 6.61 Å². The Bertz CT molecular complexity index is 1330. The van der Waals surface area contributed by atoms with Crippen molar-refractivity contribution < 1.29 is 23.5 Å². The molecule has 4 rings (SSSR count). The van der Waals surface area contributed by atoms with E-state index in [1.54, 1.807) is 6.07 Å². The molecule has 0 saturated heterocycles. The molecule has 3 aromatic rings. The molecule has 1 aliphatic rings. The van der Waals surface area contributed by atoms with Gasteiger partial charge in [-0.1, -0.05) is 12.1 Å². The molecule has 0 saturated carbocycles. The Hall–Kier alpha value is -4.07.